The third-order valence-corrected chi connectivity index (χ3v) is 3.80. The summed E-state index contributed by atoms with van der Waals surface area (Å²) in [6, 6.07) is 9.12. The summed E-state index contributed by atoms with van der Waals surface area (Å²) >= 11 is 1.82. The van der Waals surface area contributed by atoms with Gasteiger partial charge in [0.25, 0.3) is 0 Å². The number of rotatable bonds is 7. The average molecular weight is 252 g/mol. The van der Waals surface area contributed by atoms with Gasteiger partial charge >= 0.3 is 0 Å². The van der Waals surface area contributed by atoms with E-state index in [9.17, 15) is 0 Å². The first kappa shape index (κ1) is 14.6. The van der Waals surface area contributed by atoms with Crippen LogP contribution in [0.4, 0.5) is 0 Å². The van der Waals surface area contributed by atoms with E-state index >= 15 is 0 Å². The van der Waals surface area contributed by atoms with Gasteiger partial charge in [0.2, 0.25) is 0 Å². The van der Waals surface area contributed by atoms with Crippen molar-refractivity contribution in [2.24, 2.45) is 0 Å². The molecule has 0 aliphatic heterocycles. The fourth-order valence-corrected chi connectivity index (χ4v) is 2.41. The zero-order valence-electron chi connectivity index (χ0n) is 11.4. The minimum atomic E-state index is 0.523. The van der Waals surface area contributed by atoms with E-state index in [0.717, 1.165) is 19.6 Å². The predicted octanol–water partition coefficient (Wildman–Crippen LogP) is 2.84. The van der Waals surface area contributed by atoms with Crippen LogP contribution in [0.3, 0.4) is 0 Å². The van der Waals surface area contributed by atoms with E-state index in [0.29, 0.717) is 6.04 Å². The maximum Gasteiger partial charge on any atom is 0.0219 e. The monoisotopic (exact) mass is 252 g/mol. The molecule has 2 nitrogen and oxygen atoms in total. The second kappa shape index (κ2) is 7.75. The molecule has 1 rings (SSSR count). The normalized spacial score (nSPS) is 13.0. The van der Waals surface area contributed by atoms with Crippen LogP contribution in [0.2, 0.25) is 0 Å². The Hall–Kier alpha value is -0.510. The molecule has 1 aromatic carbocycles. The number of benzene rings is 1. The van der Waals surface area contributed by atoms with Crippen LogP contribution < -0.4 is 5.32 Å². The van der Waals surface area contributed by atoms with E-state index in [1.165, 1.54) is 10.5 Å². The highest BCUT2D eigenvalue weighted by atomic mass is 32.2. The molecule has 1 unspecified atom stereocenters. The fraction of sp³-hybridized carbons (Fsp3) is 0.571. The van der Waals surface area contributed by atoms with Crippen LogP contribution in [0.15, 0.2) is 29.2 Å². The molecule has 96 valence electrons. The number of hydrogen-bond donors (Lipinski definition) is 1. The van der Waals surface area contributed by atoms with E-state index in [2.05, 4.69) is 61.6 Å². The molecule has 0 heterocycles. The molecular weight excluding hydrogens is 228 g/mol. The summed E-state index contributed by atoms with van der Waals surface area (Å²) in [5.74, 6) is 0. The molecule has 0 saturated carbocycles. The number of hydrogen-bond acceptors (Lipinski definition) is 3. The number of nitrogens with zero attached hydrogens (tertiary/aromatic N) is 1. The van der Waals surface area contributed by atoms with Gasteiger partial charge in [0.15, 0.2) is 0 Å². The summed E-state index contributed by atoms with van der Waals surface area (Å²) in [5, 5.41) is 3.58. The Morgan fingerprint density at radius 2 is 2.06 bits per heavy atom. The molecule has 17 heavy (non-hydrogen) atoms. The third kappa shape index (κ3) is 5.11. The van der Waals surface area contributed by atoms with Crippen molar-refractivity contribution in [1.29, 1.82) is 0 Å². The van der Waals surface area contributed by atoms with Gasteiger partial charge < -0.3 is 10.2 Å². The van der Waals surface area contributed by atoms with Crippen molar-refractivity contribution in [2.45, 2.75) is 31.3 Å². The van der Waals surface area contributed by atoms with E-state index in [4.69, 9.17) is 0 Å². The molecule has 0 spiro atoms. The molecule has 0 saturated heterocycles. The smallest absolute Gasteiger partial charge is 0.0219 e. The third-order valence-electron chi connectivity index (χ3n) is 2.96. The molecule has 0 fully saturated rings. The van der Waals surface area contributed by atoms with Gasteiger partial charge in [-0.3, -0.25) is 0 Å². The zero-order valence-corrected chi connectivity index (χ0v) is 12.2. The Kier molecular flexibility index (Phi) is 6.63. The molecule has 1 atom stereocenters. The van der Waals surface area contributed by atoms with Gasteiger partial charge in [0.1, 0.15) is 0 Å². The largest absolute Gasteiger partial charge is 0.309 e. The summed E-state index contributed by atoms with van der Waals surface area (Å²) in [6.07, 6.45) is 2.13. The van der Waals surface area contributed by atoms with Gasteiger partial charge in [-0.2, -0.15) is 0 Å². The van der Waals surface area contributed by atoms with Crippen molar-refractivity contribution in [3.63, 3.8) is 0 Å². The first-order chi connectivity index (χ1) is 8.17. The van der Waals surface area contributed by atoms with Gasteiger partial charge in [-0.05, 0) is 38.4 Å². The molecule has 0 aliphatic carbocycles. The highest BCUT2D eigenvalue weighted by Crippen LogP contribution is 2.19. The maximum atomic E-state index is 3.58. The second-order valence-electron chi connectivity index (χ2n) is 4.45. The minimum Gasteiger partial charge on any atom is -0.309 e. The summed E-state index contributed by atoms with van der Waals surface area (Å²) in [5.41, 5.74) is 1.39. The summed E-state index contributed by atoms with van der Waals surface area (Å²) in [6.45, 7) is 7.59. The van der Waals surface area contributed by atoms with Crippen LogP contribution in [-0.2, 0) is 6.54 Å². The summed E-state index contributed by atoms with van der Waals surface area (Å²) in [7, 11) is 2.16. The van der Waals surface area contributed by atoms with Gasteiger partial charge in [0, 0.05) is 24.0 Å². The summed E-state index contributed by atoms with van der Waals surface area (Å²) < 4.78 is 0. The van der Waals surface area contributed by atoms with Crippen molar-refractivity contribution in [2.75, 3.05) is 26.4 Å². The first-order valence-corrected chi connectivity index (χ1v) is 7.43. The molecule has 0 radical (unpaired) electrons. The average Bonchev–Trinajstić information content (AvgIpc) is 2.36. The van der Waals surface area contributed by atoms with E-state index < -0.39 is 0 Å². The SMILES string of the molecule is CCN(C)CC(C)NCc1ccccc1SC. The van der Waals surface area contributed by atoms with Crippen LogP contribution in [0.25, 0.3) is 0 Å². The topological polar surface area (TPSA) is 15.3 Å². The van der Waals surface area contributed by atoms with Gasteiger partial charge in [0.05, 0.1) is 0 Å². The zero-order chi connectivity index (χ0) is 12.7. The lowest BCUT2D eigenvalue weighted by molar-refractivity contribution is 0.309. The molecule has 0 bridgehead atoms. The van der Waals surface area contributed by atoms with Crippen LogP contribution >= 0.6 is 11.8 Å². The number of nitrogens with one attached hydrogen (secondary N) is 1. The van der Waals surface area contributed by atoms with Crippen molar-refractivity contribution in [3.8, 4) is 0 Å². The highest BCUT2D eigenvalue weighted by Gasteiger charge is 2.06. The molecule has 3 heteroatoms. The van der Waals surface area contributed by atoms with Crippen LogP contribution in [0.1, 0.15) is 19.4 Å². The number of thioether (sulfide) groups is 1. The quantitative estimate of drug-likeness (QED) is 0.751. The van der Waals surface area contributed by atoms with E-state index in [1.54, 1.807) is 0 Å². The van der Waals surface area contributed by atoms with Crippen LogP contribution in [-0.4, -0.2) is 37.3 Å². The lowest BCUT2D eigenvalue weighted by Gasteiger charge is -2.21. The molecule has 0 aromatic heterocycles. The lowest BCUT2D eigenvalue weighted by Crippen LogP contribution is -2.37. The Morgan fingerprint density at radius 1 is 1.35 bits per heavy atom. The van der Waals surface area contributed by atoms with Gasteiger partial charge in [-0.25, -0.2) is 0 Å². The maximum absolute atomic E-state index is 3.58. The standard InChI is InChI=1S/C14H24N2S/c1-5-16(3)11-12(2)15-10-13-8-6-7-9-14(13)17-4/h6-9,12,15H,5,10-11H2,1-4H3. The Labute approximate surface area is 110 Å². The van der Waals surface area contributed by atoms with Crippen molar-refractivity contribution in [3.05, 3.63) is 29.8 Å². The summed E-state index contributed by atoms with van der Waals surface area (Å²) in [4.78, 5) is 3.70. The molecular formula is C14H24N2S. The van der Waals surface area contributed by atoms with Gasteiger partial charge in [-0.1, -0.05) is 25.1 Å². The van der Waals surface area contributed by atoms with Crippen LogP contribution in [0.5, 0.6) is 0 Å². The Morgan fingerprint density at radius 3 is 2.71 bits per heavy atom. The minimum absolute atomic E-state index is 0.523. The van der Waals surface area contributed by atoms with Gasteiger partial charge in [-0.15, -0.1) is 11.8 Å². The Balaban J connectivity index is 2.44. The second-order valence-corrected chi connectivity index (χ2v) is 5.30. The fourth-order valence-electron chi connectivity index (χ4n) is 1.79. The molecule has 1 N–H and O–H groups in total. The van der Waals surface area contributed by atoms with Crippen LogP contribution in [0, 0.1) is 0 Å². The van der Waals surface area contributed by atoms with Crippen molar-refractivity contribution < 1.29 is 0 Å². The predicted molar refractivity (Wildman–Crippen MR) is 77.7 cm³/mol. The number of likely N-dealkylation sites (N-methyl/N-ethyl adjacent to an activating group) is 1. The molecule has 0 aliphatic rings. The molecule has 0 amide bonds. The van der Waals surface area contributed by atoms with E-state index in [1.807, 2.05) is 11.8 Å². The van der Waals surface area contributed by atoms with Crippen molar-refractivity contribution in [1.82, 2.24) is 10.2 Å². The lowest BCUT2D eigenvalue weighted by atomic mass is 10.2. The van der Waals surface area contributed by atoms with E-state index in [-0.39, 0.29) is 0 Å². The Bertz CT molecular complexity index is 328. The van der Waals surface area contributed by atoms with Crippen molar-refractivity contribution >= 4 is 11.8 Å². The highest BCUT2D eigenvalue weighted by molar-refractivity contribution is 7.98. The first-order valence-electron chi connectivity index (χ1n) is 6.21. The molecule has 1 aromatic rings.